The number of anilines is 2. The molecule has 5 N–H and O–H groups in total. The molecule has 3 rings (SSSR count). The lowest BCUT2D eigenvalue weighted by Crippen LogP contribution is -2.54. The molecule has 0 atom stereocenters. The van der Waals surface area contributed by atoms with Gasteiger partial charge in [-0.1, -0.05) is 15.9 Å². The Hall–Kier alpha value is -3.27. The summed E-state index contributed by atoms with van der Waals surface area (Å²) in [5, 5.41) is 3.00. The summed E-state index contributed by atoms with van der Waals surface area (Å²) in [5.74, 6) is 1.74. The van der Waals surface area contributed by atoms with Crippen molar-refractivity contribution in [3.8, 4) is 11.5 Å². The third-order valence-corrected chi connectivity index (χ3v) is 4.88. The molecule has 0 aromatic heterocycles. The normalized spacial score (nSPS) is 15.0. The fourth-order valence-corrected chi connectivity index (χ4v) is 3.23. The lowest BCUT2D eigenvalue weighted by atomic mass is 10.1. The standard InChI is InChI=1S/C21H25BrN6O3/c1-21(2)27-19(23)26-20(24)28(21)15-5-9-17(10-6-15)31-12-11-30-16-7-3-14(4-8-16)25-18(29)13-22/h3-10H,11-13H2,1-2H3,(H,25,29)(H4,23,24,26,27). The molecular formula is C21H25BrN6O3. The van der Waals surface area contributed by atoms with Crippen LogP contribution in [-0.4, -0.2) is 42.0 Å². The summed E-state index contributed by atoms with van der Waals surface area (Å²) in [4.78, 5) is 21.5. The zero-order valence-electron chi connectivity index (χ0n) is 17.3. The Bertz CT molecular complexity index is 974. The van der Waals surface area contributed by atoms with E-state index in [1.54, 1.807) is 29.2 Å². The van der Waals surface area contributed by atoms with Gasteiger partial charge in [-0.3, -0.25) is 9.69 Å². The molecule has 0 saturated heterocycles. The molecule has 1 aliphatic heterocycles. The number of nitrogens with one attached hydrogen (secondary N) is 1. The van der Waals surface area contributed by atoms with Crippen LogP contribution < -0.4 is 31.2 Å². The average Bonchev–Trinajstić information content (AvgIpc) is 2.72. The molecule has 1 heterocycles. The van der Waals surface area contributed by atoms with Gasteiger partial charge in [0.25, 0.3) is 0 Å². The molecule has 0 fully saturated rings. The van der Waals surface area contributed by atoms with Gasteiger partial charge in [-0.2, -0.15) is 4.99 Å². The number of nitrogens with two attached hydrogens (primary N) is 2. The average molecular weight is 489 g/mol. The van der Waals surface area contributed by atoms with Crippen LogP contribution >= 0.6 is 15.9 Å². The van der Waals surface area contributed by atoms with Crippen LogP contribution in [0.15, 0.2) is 58.5 Å². The minimum absolute atomic E-state index is 0.108. The lowest BCUT2D eigenvalue weighted by Gasteiger charge is -2.38. The van der Waals surface area contributed by atoms with Gasteiger partial charge < -0.3 is 26.3 Å². The molecule has 0 unspecified atom stereocenters. The highest BCUT2D eigenvalue weighted by Crippen LogP contribution is 2.28. The van der Waals surface area contributed by atoms with E-state index in [1.165, 1.54) is 0 Å². The number of carbonyl (C=O) groups excluding carboxylic acids is 1. The number of carbonyl (C=O) groups is 1. The van der Waals surface area contributed by atoms with Gasteiger partial charge >= 0.3 is 0 Å². The first-order chi connectivity index (χ1) is 14.8. The van der Waals surface area contributed by atoms with E-state index in [9.17, 15) is 4.79 Å². The number of alkyl halides is 1. The fraction of sp³-hybridized carbons (Fsp3) is 0.286. The molecule has 0 spiro atoms. The van der Waals surface area contributed by atoms with Gasteiger partial charge in [0.1, 0.15) is 30.4 Å². The molecule has 31 heavy (non-hydrogen) atoms. The number of ether oxygens (including phenoxy) is 2. The summed E-state index contributed by atoms with van der Waals surface area (Å²) in [6.45, 7) is 4.57. The maximum absolute atomic E-state index is 11.4. The summed E-state index contributed by atoms with van der Waals surface area (Å²) >= 11 is 3.11. The van der Waals surface area contributed by atoms with E-state index in [0.29, 0.717) is 30.4 Å². The number of rotatable bonds is 8. The second-order valence-corrected chi connectivity index (χ2v) is 7.73. The highest BCUT2D eigenvalue weighted by atomic mass is 79.9. The van der Waals surface area contributed by atoms with E-state index < -0.39 is 5.66 Å². The van der Waals surface area contributed by atoms with E-state index in [0.717, 1.165) is 5.69 Å². The second-order valence-electron chi connectivity index (χ2n) is 7.17. The minimum Gasteiger partial charge on any atom is -0.490 e. The van der Waals surface area contributed by atoms with Crippen molar-refractivity contribution in [3.63, 3.8) is 0 Å². The quantitative estimate of drug-likeness (QED) is 0.387. The highest BCUT2D eigenvalue weighted by Gasteiger charge is 2.32. The van der Waals surface area contributed by atoms with Crippen molar-refractivity contribution in [2.24, 2.45) is 21.5 Å². The predicted molar refractivity (Wildman–Crippen MR) is 126 cm³/mol. The zero-order chi connectivity index (χ0) is 22.4. The number of halogens is 1. The molecule has 10 heteroatoms. The summed E-state index contributed by atoms with van der Waals surface area (Å²) in [7, 11) is 0. The van der Waals surface area contributed by atoms with E-state index in [1.807, 2.05) is 38.1 Å². The van der Waals surface area contributed by atoms with Crippen molar-refractivity contribution in [3.05, 3.63) is 48.5 Å². The molecule has 0 aliphatic carbocycles. The van der Waals surface area contributed by atoms with Gasteiger partial charge in [-0.25, -0.2) is 4.99 Å². The summed E-state index contributed by atoms with van der Waals surface area (Å²) in [6, 6.07) is 14.6. The maximum atomic E-state index is 11.4. The van der Waals surface area contributed by atoms with Crippen molar-refractivity contribution < 1.29 is 14.3 Å². The number of hydrogen-bond donors (Lipinski definition) is 3. The number of aliphatic imine (C=N–C) groups is 2. The highest BCUT2D eigenvalue weighted by molar-refractivity contribution is 9.09. The molecule has 2 aromatic carbocycles. The third-order valence-electron chi connectivity index (χ3n) is 4.37. The van der Waals surface area contributed by atoms with Gasteiger partial charge in [-0.05, 0) is 62.4 Å². The Kier molecular flexibility index (Phi) is 7.01. The molecule has 0 bridgehead atoms. The first-order valence-electron chi connectivity index (χ1n) is 9.60. The van der Waals surface area contributed by atoms with Crippen molar-refractivity contribution in [2.75, 3.05) is 28.8 Å². The number of guanidine groups is 2. The van der Waals surface area contributed by atoms with Crippen LogP contribution in [0.1, 0.15) is 13.8 Å². The lowest BCUT2D eigenvalue weighted by molar-refractivity contribution is -0.113. The van der Waals surface area contributed by atoms with Crippen LogP contribution in [0, 0.1) is 0 Å². The van der Waals surface area contributed by atoms with Gasteiger partial charge in [0.05, 0.1) is 5.33 Å². The van der Waals surface area contributed by atoms with E-state index in [2.05, 4.69) is 31.2 Å². The van der Waals surface area contributed by atoms with Gasteiger partial charge in [-0.15, -0.1) is 0 Å². The van der Waals surface area contributed by atoms with Gasteiger partial charge in [0, 0.05) is 11.4 Å². The monoisotopic (exact) mass is 488 g/mol. The fourth-order valence-electron chi connectivity index (χ4n) is 3.09. The Balaban J connectivity index is 1.49. The zero-order valence-corrected chi connectivity index (χ0v) is 18.9. The second kappa shape index (κ2) is 9.69. The van der Waals surface area contributed by atoms with Gasteiger partial charge in [0.15, 0.2) is 0 Å². The molecule has 1 amide bonds. The summed E-state index contributed by atoms with van der Waals surface area (Å²) in [5.41, 5.74) is 12.7. The number of hydrogen-bond acceptors (Lipinski definition) is 8. The molecule has 164 valence electrons. The molecule has 0 radical (unpaired) electrons. The number of nitrogens with zero attached hydrogens (tertiary/aromatic N) is 3. The first-order valence-corrected chi connectivity index (χ1v) is 10.7. The van der Waals surface area contributed by atoms with Crippen LogP contribution in [0.25, 0.3) is 0 Å². The number of benzene rings is 2. The van der Waals surface area contributed by atoms with Gasteiger partial charge in [0.2, 0.25) is 17.8 Å². The van der Waals surface area contributed by atoms with Crippen LogP contribution in [-0.2, 0) is 4.79 Å². The maximum Gasteiger partial charge on any atom is 0.235 e. The third kappa shape index (κ3) is 5.88. The predicted octanol–water partition coefficient (Wildman–Crippen LogP) is 2.66. The van der Waals surface area contributed by atoms with Crippen molar-refractivity contribution in [1.82, 2.24) is 0 Å². The first kappa shape index (κ1) is 22.4. The van der Waals surface area contributed by atoms with Crippen LogP contribution in [0.5, 0.6) is 11.5 Å². The van der Waals surface area contributed by atoms with E-state index in [-0.39, 0.29) is 23.2 Å². The van der Waals surface area contributed by atoms with E-state index >= 15 is 0 Å². The summed E-state index contributed by atoms with van der Waals surface area (Å²) in [6.07, 6.45) is 0. The topological polar surface area (TPSA) is 128 Å². The smallest absolute Gasteiger partial charge is 0.235 e. The van der Waals surface area contributed by atoms with E-state index in [4.69, 9.17) is 20.9 Å². The van der Waals surface area contributed by atoms with Crippen molar-refractivity contribution in [2.45, 2.75) is 19.5 Å². The summed E-state index contributed by atoms with van der Waals surface area (Å²) < 4.78 is 11.4. The Morgan fingerprint density at radius 1 is 1.03 bits per heavy atom. The SMILES string of the molecule is CC1(C)N=C(N)N=C(N)N1c1ccc(OCCOc2ccc(NC(=O)CBr)cc2)cc1. The largest absolute Gasteiger partial charge is 0.490 e. The Morgan fingerprint density at radius 2 is 1.58 bits per heavy atom. The van der Waals surface area contributed by atoms with Crippen LogP contribution in [0.3, 0.4) is 0 Å². The molecular weight excluding hydrogens is 464 g/mol. The molecule has 0 saturated carbocycles. The Labute approximate surface area is 189 Å². The number of amides is 1. The van der Waals surface area contributed by atoms with Crippen LogP contribution in [0.2, 0.25) is 0 Å². The molecule has 9 nitrogen and oxygen atoms in total. The van der Waals surface area contributed by atoms with Crippen molar-refractivity contribution in [1.29, 1.82) is 0 Å². The van der Waals surface area contributed by atoms with Crippen LogP contribution in [0.4, 0.5) is 11.4 Å². The van der Waals surface area contributed by atoms with Crippen molar-refractivity contribution >= 4 is 45.1 Å². The Morgan fingerprint density at radius 3 is 2.10 bits per heavy atom. The molecule has 1 aliphatic rings. The minimum atomic E-state index is -0.640. The molecule has 2 aromatic rings.